The van der Waals surface area contributed by atoms with Gasteiger partial charge in [0.05, 0.1) is 18.8 Å². The summed E-state index contributed by atoms with van der Waals surface area (Å²) in [6, 6.07) is -0.181. The van der Waals surface area contributed by atoms with Crippen LogP contribution in [-0.4, -0.2) is 28.8 Å². The summed E-state index contributed by atoms with van der Waals surface area (Å²) in [5.41, 5.74) is 1.95. The van der Waals surface area contributed by atoms with E-state index in [2.05, 4.69) is 20.8 Å². The molecule has 0 unspecified atom stereocenters. The molecule has 8 heteroatoms. The van der Waals surface area contributed by atoms with Crippen molar-refractivity contribution >= 4 is 22.4 Å². The van der Waals surface area contributed by atoms with E-state index in [9.17, 15) is 4.79 Å². The van der Waals surface area contributed by atoms with Crippen LogP contribution in [0.2, 0.25) is 0 Å². The third-order valence-electron chi connectivity index (χ3n) is 3.21. The van der Waals surface area contributed by atoms with Crippen molar-refractivity contribution in [2.24, 2.45) is 0 Å². The first-order valence-electron chi connectivity index (χ1n) is 7.15. The van der Waals surface area contributed by atoms with Crippen molar-refractivity contribution in [3.63, 3.8) is 0 Å². The normalized spacial score (nSPS) is 14.0. The van der Waals surface area contributed by atoms with Gasteiger partial charge < -0.3 is 14.6 Å². The van der Waals surface area contributed by atoms with Crippen molar-refractivity contribution in [3.05, 3.63) is 16.3 Å². The lowest BCUT2D eigenvalue weighted by Gasteiger charge is -2.12. The Morgan fingerprint density at radius 1 is 1.41 bits per heavy atom. The van der Waals surface area contributed by atoms with Crippen LogP contribution >= 0.6 is 11.3 Å². The van der Waals surface area contributed by atoms with Gasteiger partial charge in [-0.2, -0.15) is 4.98 Å². The van der Waals surface area contributed by atoms with E-state index >= 15 is 0 Å². The van der Waals surface area contributed by atoms with E-state index in [0.717, 1.165) is 27.4 Å². The molecule has 1 aliphatic rings. The molecule has 118 valence electrons. The molecule has 0 radical (unpaired) electrons. The van der Waals surface area contributed by atoms with E-state index in [1.54, 1.807) is 6.92 Å². The Morgan fingerprint density at radius 2 is 2.23 bits per heavy atom. The summed E-state index contributed by atoms with van der Waals surface area (Å²) >= 11 is 1.50. The summed E-state index contributed by atoms with van der Waals surface area (Å²) in [5, 5.41) is 10.3. The Labute approximate surface area is 132 Å². The number of aromatic nitrogens is 2. The van der Waals surface area contributed by atoms with Gasteiger partial charge >= 0.3 is 6.03 Å². The second-order valence-electron chi connectivity index (χ2n) is 5.41. The number of amides is 2. The van der Waals surface area contributed by atoms with Gasteiger partial charge in [-0.3, -0.25) is 5.32 Å². The van der Waals surface area contributed by atoms with Crippen LogP contribution in [0.1, 0.15) is 30.1 Å². The minimum atomic E-state index is -0.244. The summed E-state index contributed by atoms with van der Waals surface area (Å²) in [5.74, 6) is 1.01. The number of nitrogens with one attached hydrogen (secondary N) is 2. The van der Waals surface area contributed by atoms with Crippen LogP contribution in [0.25, 0.3) is 11.5 Å². The zero-order valence-corrected chi connectivity index (χ0v) is 13.5. The minimum Gasteiger partial charge on any atom is -0.376 e. The van der Waals surface area contributed by atoms with Crippen LogP contribution in [0.3, 0.4) is 0 Å². The molecule has 22 heavy (non-hydrogen) atoms. The second kappa shape index (κ2) is 6.05. The molecule has 3 rings (SSSR count). The molecule has 2 aromatic heterocycles. The van der Waals surface area contributed by atoms with Gasteiger partial charge in [0.2, 0.25) is 0 Å². The highest BCUT2D eigenvalue weighted by Gasteiger charge is 2.26. The lowest BCUT2D eigenvalue weighted by atomic mass is 10.1. The number of hydrogen-bond acceptors (Lipinski definition) is 6. The lowest BCUT2D eigenvalue weighted by molar-refractivity contribution is 0.113. The number of carbonyl (C=O) groups is 1. The number of aryl methyl sites for hydroxylation is 1. The molecular formula is C14H18N4O3S. The highest BCUT2D eigenvalue weighted by atomic mass is 32.1. The van der Waals surface area contributed by atoms with Gasteiger partial charge in [-0.05, 0) is 32.8 Å². The summed E-state index contributed by atoms with van der Waals surface area (Å²) in [4.78, 5) is 17.4. The quantitative estimate of drug-likeness (QED) is 0.907. The maximum Gasteiger partial charge on any atom is 0.320 e. The van der Waals surface area contributed by atoms with Crippen molar-refractivity contribution in [2.75, 3.05) is 11.9 Å². The fourth-order valence-electron chi connectivity index (χ4n) is 2.35. The molecule has 2 N–H and O–H groups in total. The number of anilines is 1. The molecule has 0 fully saturated rings. The Kier molecular flexibility index (Phi) is 4.12. The smallest absolute Gasteiger partial charge is 0.320 e. The van der Waals surface area contributed by atoms with E-state index in [-0.39, 0.29) is 12.1 Å². The van der Waals surface area contributed by atoms with E-state index in [1.165, 1.54) is 11.3 Å². The molecule has 7 nitrogen and oxygen atoms in total. The van der Waals surface area contributed by atoms with Gasteiger partial charge in [-0.1, -0.05) is 5.16 Å². The van der Waals surface area contributed by atoms with Crippen LogP contribution in [0.4, 0.5) is 9.80 Å². The zero-order valence-electron chi connectivity index (χ0n) is 12.7. The van der Waals surface area contributed by atoms with Gasteiger partial charge in [0.25, 0.3) is 5.89 Å². The first kappa shape index (κ1) is 15.0. The van der Waals surface area contributed by atoms with E-state index in [0.29, 0.717) is 24.9 Å². The summed E-state index contributed by atoms with van der Waals surface area (Å²) in [7, 11) is 0. The Morgan fingerprint density at radius 3 is 2.91 bits per heavy atom. The first-order valence-corrected chi connectivity index (χ1v) is 7.96. The number of fused-ring (bicyclic) bond motifs is 1. The van der Waals surface area contributed by atoms with E-state index in [1.807, 2.05) is 13.8 Å². The Bertz CT molecular complexity index is 692. The largest absolute Gasteiger partial charge is 0.376 e. The standard InChI is InChI=1S/C14H18N4O3S/c1-7(2)15-14(19)17-13-11(12-16-8(3)18-21-12)9-4-5-20-6-10(9)22-13/h7H,4-6H2,1-3H3,(H2,15,17,19). The third-order valence-corrected chi connectivity index (χ3v) is 4.33. The van der Waals surface area contributed by atoms with Crippen LogP contribution < -0.4 is 10.6 Å². The number of ether oxygens (including phenoxy) is 1. The topological polar surface area (TPSA) is 89.3 Å². The number of urea groups is 1. The fraction of sp³-hybridized carbons (Fsp3) is 0.500. The molecule has 0 saturated heterocycles. The van der Waals surface area contributed by atoms with Crippen LogP contribution in [0, 0.1) is 6.92 Å². The number of hydrogen-bond donors (Lipinski definition) is 2. The first-order chi connectivity index (χ1) is 10.5. The Hall–Kier alpha value is -1.93. The van der Waals surface area contributed by atoms with Crippen molar-refractivity contribution < 1.29 is 14.1 Å². The van der Waals surface area contributed by atoms with Crippen molar-refractivity contribution in [1.29, 1.82) is 0 Å². The maximum absolute atomic E-state index is 12.0. The van der Waals surface area contributed by atoms with Crippen LogP contribution in [0.5, 0.6) is 0 Å². The molecule has 2 amide bonds. The highest BCUT2D eigenvalue weighted by molar-refractivity contribution is 7.17. The minimum absolute atomic E-state index is 0.0621. The molecule has 0 aliphatic carbocycles. The number of thiophene rings is 1. The fourth-order valence-corrected chi connectivity index (χ4v) is 3.52. The monoisotopic (exact) mass is 322 g/mol. The van der Waals surface area contributed by atoms with Gasteiger partial charge in [-0.15, -0.1) is 11.3 Å². The average Bonchev–Trinajstić information content (AvgIpc) is 3.00. The molecule has 2 aromatic rings. The predicted octanol–water partition coefficient (Wildman–Crippen LogP) is 2.71. The highest BCUT2D eigenvalue weighted by Crippen LogP contribution is 2.42. The molecule has 3 heterocycles. The van der Waals surface area contributed by atoms with E-state index < -0.39 is 0 Å². The third kappa shape index (κ3) is 2.97. The summed E-state index contributed by atoms with van der Waals surface area (Å²) < 4.78 is 10.8. The molecule has 0 spiro atoms. The van der Waals surface area contributed by atoms with Gasteiger partial charge in [-0.25, -0.2) is 4.79 Å². The number of nitrogens with zero attached hydrogens (tertiary/aromatic N) is 2. The molecular weight excluding hydrogens is 304 g/mol. The molecule has 0 bridgehead atoms. The average molecular weight is 322 g/mol. The van der Waals surface area contributed by atoms with Crippen molar-refractivity contribution in [1.82, 2.24) is 15.5 Å². The summed E-state index contributed by atoms with van der Waals surface area (Å²) in [6.07, 6.45) is 0.774. The Balaban J connectivity index is 1.98. The van der Waals surface area contributed by atoms with Crippen LogP contribution in [0.15, 0.2) is 4.52 Å². The van der Waals surface area contributed by atoms with Gasteiger partial charge in [0, 0.05) is 10.9 Å². The molecule has 0 aromatic carbocycles. The van der Waals surface area contributed by atoms with Crippen molar-refractivity contribution in [3.8, 4) is 11.5 Å². The predicted molar refractivity (Wildman–Crippen MR) is 83.0 cm³/mol. The summed E-state index contributed by atoms with van der Waals surface area (Å²) in [6.45, 7) is 6.80. The molecule has 0 atom stereocenters. The maximum atomic E-state index is 12.0. The zero-order chi connectivity index (χ0) is 15.7. The van der Waals surface area contributed by atoms with Crippen LogP contribution in [-0.2, 0) is 17.8 Å². The van der Waals surface area contributed by atoms with Gasteiger partial charge in [0.15, 0.2) is 5.82 Å². The van der Waals surface area contributed by atoms with E-state index in [4.69, 9.17) is 9.26 Å². The second-order valence-corrected chi connectivity index (χ2v) is 6.52. The number of rotatable bonds is 3. The molecule has 0 saturated carbocycles. The molecule has 1 aliphatic heterocycles. The SMILES string of the molecule is Cc1noc(-c2c(NC(=O)NC(C)C)sc3c2CCOC3)n1. The lowest BCUT2D eigenvalue weighted by Crippen LogP contribution is -2.34. The van der Waals surface area contributed by atoms with Crippen molar-refractivity contribution in [2.45, 2.75) is 39.8 Å². The van der Waals surface area contributed by atoms with Gasteiger partial charge in [0.1, 0.15) is 5.00 Å². The number of carbonyl (C=O) groups excluding carboxylic acids is 1.